The maximum Gasteiger partial charge on any atom is 0.391 e. The number of carbonyl (C=O) groups is 2. The number of aromatic carboxylic acids is 1. The molecule has 4 nitrogen and oxygen atoms in total. The molecule has 0 saturated heterocycles. The summed E-state index contributed by atoms with van der Waals surface area (Å²) < 4.78 is 37.9. The number of benzene rings is 1. The fraction of sp³-hybridized carbons (Fsp3) is 0.500. The lowest BCUT2D eigenvalue weighted by molar-refractivity contribution is -0.182. The van der Waals surface area contributed by atoms with Crippen molar-refractivity contribution >= 4 is 11.9 Å². The minimum absolute atomic E-state index is 0.00262. The van der Waals surface area contributed by atoms with Gasteiger partial charge in [0.15, 0.2) is 0 Å². The van der Waals surface area contributed by atoms with Gasteiger partial charge in [-0.25, -0.2) is 4.79 Å². The summed E-state index contributed by atoms with van der Waals surface area (Å²) in [6.07, 6.45) is -3.63. The Bertz CT molecular complexity index is 605. The molecule has 0 aromatic heterocycles. The van der Waals surface area contributed by atoms with Crippen molar-refractivity contribution in [1.29, 1.82) is 0 Å². The first kappa shape index (κ1) is 17.3. The molecular formula is C16H18F3NO3. The van der Waals surface area contributed by atoms with Crippen molar-refractivity contribution in [3.8, 4) is 0 Å². The first-order valence-corrected chi connectivity index (χ1v) is 7.39. The lowest BCUT2D eigenvalue weighted by atomic mass is 9.85. The molecule has 1 saturated carbocycles. The number of carboxylic acids is 1. The zero-order valence-corrected chi connectivity index (χ0v) is 12.6. The van der Waals surface area contributed by atoms with Gasteiger partial charge in [0, 0.05) is 11.6 Å². The van der Waals surface area contributed by atoms with E-state index < -0.39 is 24.0 Å². The monoisotopic (exact) mass is 329 g/mol. The summed E-state index contributed by atoms with van der Waals surface area (Å²) >= 11 is 0. The number of carboxylic acid groups (broad SMARTS) is 1. The van der Waals surface area contributed by atoms with Crippen molar-refractivity contribution in [2.45, 2.75) is 44.8 Å². The van der Waals surface area contributed by atoms with Gasteiger partial charge < -0.3 is 10.4 Å². The van der Waals surface area contributed by atoms with Crippen molar-refractivity contribution in [1.82, 2.24) is 5.32 Å². The number of alkyl halides is 3. The van der Waals surface area contributed by atoms with Gasteiger partial charge in [-0.15, -0.1) is 0 Å². The number of hydrogen-bond donors (Lipinski definition) is 2. The van der Waals surface area contributed by atoms with Gasteiger partial charge in [0.1, 0.15) is 0 Å². The number of aryl methyl sites for hydroxylation is 1. The van der Waals surface area contributed by atoms with Gasteiger partial charge in [-0.1, -0.05) is 0 Å². The molecule has 0 radical (unpaired) electrons. The highest BCUT2D eigenvalue weighted by Crippen LogP contribution is 2.37. The summed E-state index contributed by atoms with van der Waals surface area (Å²) in [6, 6.07) is 3.97. The third-order valence-electron chi connectivity index (χ3n) is 4.11. The predicted octanol–water partition coefficient (Wildman–Crippen LogP) is 3.54. The molecule has 0 aliphatic heterocycles. The molecule has 1 aromatic rings. The standard InChI is InChI=1S/C16H18F3NO3/c1-9-6-10(8-11(7-9)15(22)23)14(21)20-13-4-2-12(3-5-13)16(17,18)19/h6-8,12-13H,2-5H2,1H3,(H,20,21)(H,22,23). The fourth-order valence-electron chi connectivity index (χ4n) is 2.87. The van der Waals surface area contributed by atoms with E-state index in [0.29, 0.717) is 5.56 Å². The van der Waals surface area contributed by atoms with Crippen molar-refractivity contribution in [3.63, 3.8) is 0 Å². The van der Waals surface area contributed by atoms with Crippen LogP contribution >= 0.6 is 0 Å². The summed E-state index contributed by atoms with van der Waals surface area (Å²) in [5.41, 5.74) is 0.854. The van der Waals surface area contributed by atoms with Gasteiger partial charge in [-0.05, 0) is 56.4 Å². The molecule has 23 heavy (non-hydrogen) atoms. The van der Waals surface area contributed by atoms with E-state index in [1.165, 1.54) is 12.1 Å². The molecule has 0 spiro atoms. The summed E-state index contributed by atoms with van der Waals surface area (Å²) in [6.45, 7) is 1.68. The molecule has 1 amide bonds. The van der Waals surface area contributed by atoms with Crippen molar-refractivity contribution in [2.75, 3.05) is 0 Å². The maximum absolute atomic E-state index is 12.6. The Kier molecular flexibility index (Phi) is 4.97. The highest BCUT2D eigenvalue weighted by molar-refractivity contribution is 5.97. The average molecular weight is 329 g/mol. The molecule has 2 rings (SSSR count). The number of rotatable bonds is 3. The Morgan fingerprint density at radius 1 is 1.09 bits per heavy atom. The number of carbonyl (C=O) groups excluding carboxylic acids is 1. The fourth-order valence-corrected chi connectivity index (χ4v) is 2.87. The Hall–Kier alpha value is -2.05. The van der Waals surface area contributed by atoms with E-state index in [4.69, 9.17) is 5.11 Å². The lowest BCUT2D eigenvalue weighted by Crippen LogP contribution is -2.40. The highest BCUT2D eigenvalue weighted by Gasteiger charge is 2.41. The van der Waals surface area contributed by atoms with E-state index in [1.54, 1.807) is 13.0 Å². The molecule has 1 fully saturated rings. The Morgan fingerprint density at radius 3 is 2.17 bits per heavy atom. The number of hydrogen-bond acceptors (Lipinski definition) is 2. The van der Waals surface area contributed by atoms with Crippen LogP contribution in [0.2, 0.25) is 0 Å². The summed E-state index contributed by atoms with van der Waals surface area (Å²) in [5, 5.41) is 11.7. The maximum atomic E-state index is 12.6. The Morgan fingerprint density at radius 2 is 1.65 bits per heavy atom. The van der Waals surface area contributed by atoms with E-state index in [-0.39, 0.29) is 42.9 Å². The lowest BCUT2D eigenvalue weighted by Gasteiger charge is -2.30. The van der Waals surface area contributed by atoms with Crippen LogP contribution in [0.5, 0.6) is 0 Å². The van der Waals surface area contributed by atoms with E-state index in [2.05, 4.69) is 5.32 Å². The van der Waals surface area contributed by atoms with Gasteiger partial charge in [-0.2, -0.15) is 13.2 Å². The molecule has 7 heteroatoms. The second-order valence-corrected chi connectivity index (χ2v) is 5.96. The van der Waals surface area contributed by atoms with Crippen molar-refractivity contribution in [3.05, 3.63) is 34.9 Å². The minimum Gasteiger partial charge on any atom is -0.478 e. The topological polar surface area (TPSA) is 66.4 Å². The van der Waals surface area contributed by atoms with E-state index in [9.17, 15) is 22.8 Å². The highest BCUT2D eigenvalue weighted by atomic mass is 19.4. The van der Waals surface area contributed by atoms with Gasteiger partial charge in [0.2, 0.25) is 0 Å². The summed E-state index contributed by atoms with van der Waals surface area (Å²) in [5.74, 6) is -2.88. The van der Waals surface area contributed by atoms with Gasteiger partial charge in [0.25, 0.3) is 5.91 Å². The zero-order valence-electron chi connectivity index (χ0n) is 12.6. The van der Waals surface area contributed by atoms with E-state index in [0.717, 1.165) is 0 Å². The predicted molar refractivity (Wildman–Crippen MR) is 77.4 cm³/mol. The molecule has 0 heterocycles. The molecule has 126 valence electrons. The zero-order chi connectivity index (χ0) is 17.2. The Labute approximate surface area is 131 Å². The number of halogens is 3. The Balaban J connectivity index is 2.00. The molecule has 0 unspecified atom stereocenters. The smallest absolute Gasteiger partial charge is 0.391 e. The third-order valence-corrected chi connectivity index (χ3v) is 4.11. The molecule has 1 aromatic carbocycles. The van der Waals surface area contributed by atoms with Crippen LogP contribution in [0.25, 0.3) is 0 Å². The van der Waals surface area contributed by atoms with Gasteiger partial charge in [0.05, 0.1) is 11.5 Å². The minimum atomic E-state index is -4.18. The molecular weight excluding hydrogens is 311 g/mol. The molecule has 2 N–H and O–H groups in total. The molecule has 0 atom stereocenters. The SMILES string of the molecule is Cc1cc(C(=O)O)cc(C(=O)NC2CCC(C(F)(F)F)CC2)c1. The number of nitrogens with one attached hydrogen (secondary N) is 1. The first-order valence-electron chi connectivity index (χ1n) is 7.39. The molecule has 0 bridgehead atoms. The van der Waals surface area contributed by atoms with Crippen molar-refractivity contribution in [2.24, 2.45) is 5.92 Å². The second-order valence-electron chi connectivity index (χ2n) is 5.96. The van der Waals surface area contributed by atoms with Crippen LogP contribution in [0.4, 0.5) is 13.2 Å². The van der Waals surface area contributed by atoms with E-state index >= 15 is 0 Å². The van der Waals surface area contributed by atoms with Gasteiger partial charge >= 0.3 is 12.1 Å². The quantitative estimate of drug-likeness (QED) is 0.891. The summed E-state index contributed by atoms with van der Waals surface area (Å²) in [7, 11) is 0. The van der Waals surface area contributed by atoms with Crippen LogP contribution in [-0.2, 0) is 0 Å². The van der Waals surface area contributed by atoms with Crippen LogP contribution in [0.3, 0.4) is 0 Å². The average Bonchev–Trinajstić information content (AvgIpc) is 2.46. The number of amides is 1. The summed E-state index contributed by atoms with van der Waals surface area (Å²) in [4.78, 5) is 23.2. The molecule has 1 aliphatic carbocycles. The van der Waals surface area contributed by atoms with Gasteiger partial charge in [-0.3, -0.25) is 4.79 Å². The largest absolute Gasteiger partial charge is 0.478 e. The first-order chi connectivity index (χ1) is 10.7. The third kappa shape index (κ3) is 4.46. The van der Waals surface area contributed by atoms with Crippen LogP contribution in [-0.4, -0.2) is 29.2 Å². The van der Waals surface area contributed by atoms with E-state index in [1.807, 2.05) is 0 Å². The van der Waals surface area contributed by atoms with Crippen LogP contribution in [0, 0.1) is 12.8 Å². The molecule has 1 aliphatic rings. The van der Waals surface area contributed by atoms with Crippen LogP contribution < -0.4 is 5.32 Å². The van der Waals surface area contributed by atoms with Crippen LogP contribution in [0.15, 0.2) is 18.2 Å². The van der Waals surface area contributed by atoms with Crippen LogP contribution in [0.1, 0.15) is 52.0 Å². The van der Waals surface area contributed by atoms with Crippen molar-refractivity contribution < 1.29 is 27.9 Å². The normalized spacial score (nSPS) is 21.7. The second kappa shape index (κ2) is 6.60.